The molecule has 20 heavy (non-hydrogen) atoms. The van der Waals surface area contributed by atoms with Gasteiger partial charge in [0.05, 0.1) is 11.3 Å². The maximum absolute atomic E-state index is 13.4. The van der Waals surface area contributed by atoms with Crippen LogP contribution in [0.4, 0.5) is 23.2 Å². The van der Waals surface area contributed by atoms with Gasteiger partial charge in [-0.15, -0.1) is 0 Å². The van der Waals surface area contributed by atoms with Crippen molar-refractivity contribution in [1.82, 2.24) is 0 Å². The van der Waals surface area contributed by atoms with E-state index in [0.717, 1.165) is 18.2 Å². The number of anilines is 1. The van der Waals surface area contributed by atoms with Gasteiger partial charge in [-0.05, 0) is 19.1 Å². The Morgan fingerprint density at radius 1 is 1.30 bits per heavy atom. The highest BCUT2D eigenvalue weighted by Gasteiger charge is 2.57. The lowest BCUT2D eigenvalue weighted by molar-refractivity contribution is -0.192. The van der Waals surface area contributed by atoms with Crippen molar-refractivity contribution < 1.29 is 32.3 Å². The molecule has 0 aliphatic rings. The fourth-order valence-electron chi connectivity index (χ4n) is 1.39. The van der Waals surface area contributed by atoms with E-state index in [1.165, 1.54) is 0 Å². The molecule has 1 amide bonds. The quantitative estimate of drug-likeness (QED) is 0.737. The molecule has 0 saturated carbocycles. The van der Waals surface area contributed by atoms with Crippen molar-refractivity contribution >= 4 is 17.6 Å². The Balaban J connectivity index is 3.38. The molecule has 0 aliphatic carbocycles. The number of nitrogens with two attached hydrogens (primary N) is 1. The number of amides is 1. The average molecular weight is 294 g/mol. The van der Waals surface area contributed by atoms with E-state index >= 15 is 0 Å². The molecule has 9 heteroatoms. The van der Waals surface area contributed by atoms with Crippen LogP contribution in [-0.4, -0.2) is 28.7 Å². The van der Waals surface area contributed by atoms with Crippen molar-refractivity contribution in [3.05, 3.63) is 29.6 Å². The highest BCUT2D eigenvalue weighted by molar-refractivity contribution is 5.99. The molecule has 0 radical (unpaired) electrons. The number of halogens is 4. The normalized spacial score (nSPS) is 14.4. The second kappa shape index (κ2) is 4.99. The summed E-state index contributed by atoms with van der Waals surface area (Å²) in [5.74, 6) is -4.71. The van der Waals surface area contributed by atoms with Gasteiger partial charge in [0.15, 0.2) is 0 Å². The van der Waals surface area contributed by atoms with Gasteiger partial charge in [0.25, 0.3) is 5.91 Å². The van der Waals surface area contributed by atoms with Gasteiger partial charge in [-0.1, -0.05) is 6.07 Å². The van der Waals surface area contributed by atoms with Crippen LogP contribution in [0.2, 0.25) is 0 Å². The third kappa shape index (κ3) is 2.65. The van der Waals surface area contributed by atoms with Crippen molar-refractivity contribution in [3.63, 3.8) is 0 Å². The Kier molecular flexibility index (Phi) is 3.92. The highest BCUT2D eigenvalue weighted by atomic mass is 19.4. The van der Waals surface area contributed by atoms with E-state index in [-0.39, 0.29) is 0 Å². The van der Waals surface area contributed by atoms with Crippen LogP contribution in [0.25, 0.3) is 0 Å². The Morgan fingerprint density at radius 2 is 1.85 bits per heavy atom. The number of rotatable bonds is 4. The van der Waals surface area contributed by atoms with E-state index in [1.807, 2.05) is 0 Å². The zero-order valence-electron chi connectivity index (χ0n) is 10.1. The monoisotopic (exact) mass is 294 g/mol. The molecule has 0 aromatic heterocycles. The van der Waals surface area contributed by atoms with E-state index in [0.29, 0.717) is 6.92 Å². The van der Waals surface area contributed by atoms with Crippen LogP contribution >= 0.6 is 0 Å². The van der Waals surface area contributed by atoms with Crippen molar-refractivity contribution in [2.75, 3.05) is 5.32 Å². The summed E-state index contributed by atoms with van der Waals surface area (Å²) in [5.41, 5.74) is -0.0224. The fourth-order valence-corrected chi connectivity index (χ4v) is 1.39. The van der Waals surface area contributed by atoms with Crippen LogP contribution in [0.1, 0.15) is 17.3 Å². The molecule has 0 fully saturated rings. The predicted octanol–water partition coefficient (Wildman–Crippen LogP) is 1.74. The van der Waals surface area contributed by atoms with Gasteiger partial charge in [-0.25, -0.2) is 9.18 Å². The van der Waals surface area contributed by atoms with Crippen LogP contribution in [0.3, 0.4) is 0 Å². The van der Waals surface area contributed by atoms with Gasteiger partial charge in [0.1, 0.15) is 5.82 Å². The van der Waals surface area contributed by atoms with Crippen LogP contribution in [0.5, 0.6) is 0 Å². The number of aliphatic carboxylic acids is 1. The maximum atomic E-state index is 13.4. The van der Waals surface area contributed by atoms with Crippen molar-refractivity contribution in [2.24, 2.45) is 5.73 Å². The van der Waals surface area contributed by atoms with Gasteiger partial charge in [-0.3, -0.25) is 4.79 Å². The molecule has 1 unspecified atom stereocenters. The molecule has 0 spiro atoms. The molecular weight excluding hydrogens is 284 g/mol. The third-order valence-electron chi connectivity index (χ3n) is 2.64. The molecular formula is C11H10F4N2O3. The minimum absolute atomic E-state index is 0.352. The Hall–Kier alpha value is -2.32. The van der Waals surface area contributed by atoms with Crippen LogP contribution in [-0.2, 0) is 4.79 Å². The molecule has 5 nitrogen and oxygen atoms in total. The largest absolute Gasteiger partial charge is 0.479 e. The van der Waals surface area contributed by atoms with Gasteiger partial charge in [-0.2, -0.15) is 13.2 Å². The average Bonchev–Trinajstić information content (AvgIpc) is 2.26. The highest BCUT2D eigenvalue weighted by Crippen LogP contribution is 2.34. The van der Waals surface area contributed by atoms with E-state index in [1.54, 1.807) is 5.32 Å². The number of hydrogen-bond donors (Lipinski definition) is 3. The van der Waals surface area contributed by atoms with E-state index in [9.17, 15) is 27.2 Å². The number of primary amides is 1. The first kappa shape index (κ1) is 15.7. The van der Waals surface area contributed by atoms with Crippen LogP contribution in [0, 0.1) is 5.82 Å². The van der Waals surface area contributed by atoms with Crippen LogP contribution in [0.15, 0.2) is 18.2 Å². The van der Waals surface area contributed by atoms with Gasteiger partial charge in [0.2, 0.25) is 5.54 Å². The summed E-state index contributed by atoms with van der Waals surface area (Å²) >= 11 is 0. The number of carboxylic acid groups (broad SMARTS) is 1. The predicted molar refractivity (Wildman–Crippen MR) is 60.6 cm³/mol. The molecule has 0 bridgehead atoms. The van der Waals surface area contributed by atoms with Gasteiger partial charge >= 0.3 is 12.1 Å². The lowest BCUT2D eigenvalue weighted by Gasteiger charge is -2.30. The smallest absolute Gasteiger partial charge is 0.422 e. The summed E-state index contributed by atoms with van der Waals surface area (Å²) in [6.07, 6.45) is -5.18. The van der Waals surface area contributed by atoms with Crippen LogP contribution < -0.4 is 11.1 Å². The second-order valence-electron chi connectivity index (χ2n) is 4.08. The first-order valence-corrected chi connectivity index (χ1v) is 5.17. The minimum atomic E-state index is -5.18. The summed E-state index contributed by atoms with van der Waals surface area (Å²) in [7, 11) is 0. The van der Waals surface area contributed by atoms with Crippen molar-refractivity contribution in [2.45, 2.75) is 18.6 Å². The minimum Gasteiger partial charge on any atom is -0.479 e. The number of hydrogen-bond acceptors (Lipinski definition) is 3. The van der Waals surface area contributed by atoms with Gasteiger partial charge < -0.3 is 16.2 Å². The molecule has 1 atom stereocenters. The summed E-state index contributed by atoms with van der Waals surface area (Å²) in [6, 6.07) is 2.76. The molecule has 0 saturated heterocycles. The number of benzene rings is 1. The molecule has 0 aliphatic heterocycles. The van der Waals surface area contributed by atoms with Gasteiger partial charge in [0, 0.05) is 0 Å². The Bertz CT molecular complexity index is 559. The standard InChI is InChI=1S/C11H10F4N2O3/c1-10(9(19)20,11(13,14)15)17-6-4-2-3-5(12)7(6)8(16)18/h2-4,17H,1H3,(H2,16,18)(H,19,20). The lowest BCUT2D eigenvalue weighted by atomic mass is 10.00. The number of carbonyl (C=O) groups excluding carboxylic acids is 1. The van der Waals surface area contributed by atoms with E-state index in [4.69, 9.17) is 10.8 Å². The summed E-state index contributed by atoms with van der Waals surface area (Å²) in [6.45, 7) is 0.352. The Morgan fingerprint density at radius 3 is 2.25 bits per heavy atom. The lowest BCUT2D eigenvalue weighted by Crippen LogP contribution is -2.55. The first-order valence-electron chi connectivity index (χ1n) is 5.17. The molecule has 0 heterocycles. The van der Waals surface area contributed by atoms with Crippen molar-refractivity contribution in [1.29, 1.82) is 0 Å². The Labute approximate surface area is 110 Å². The molecule has 110 valence electrons. The number of carbonyl (C=O) groups is 2. The SMILES string of the molecule is CC(Nc1cccc(F)c1C(N)=O)(C(=O)O)C(F)(F)F. The number of alkyl halides is 3. The first-order chi connectivity index (χ1) is 9.00. The second-order valence-corrected chi connectivity index (χ2v) is 4.08. The number of carboxylic acids is 1. The summed E-state index contributed by atoms with van der Waals surface area (Å²) in [4.78, 5) is 21.9. The third-order valence-corrected chi connectivity index (χ3v) is 2.64. The topological polar surface area (TPSA) is 92.4 Å². The molecule has 4 N–H and O–H groups in total. The number of nitrogens with one attached hydrogen (secondary N) is 1. The summed E-state index contributed by atoms with van der Waals surface area (Å²) < 4.78 is 51.9. The van der Waals surface area contributed by atoms with E-state index in [2.05, 4.69) is 0 Å². The summed E-state index contributed by atoms with van der Waals surface area (Å²) in [5, 5.41) is 10.4. The maximum Gasteiger partial charge on any atom is 0.422 e. The zero-order valence-corrected chi connectivity index (χ0v) is 10.1. The fraction of sp³-hybridized carbons (Fsp3) is 0.273. The molecule has 1 aromatic carbocycles. The van der Waals surface area contributed by atoms with Crippen molar-refractivity contribution in [3.8, 4) is 0 Å². The molecule has 1 rings (SSSR count). The zero-order chi connectivity index (χ0) is 15.7. The van der Waals surface area contributed by atoms with E-state index < -0.39 is 40.7 Å². The molecule has 1 aromatic rings.